The molecule has 0 aliphatic carbocycles. The Labute approximate surface area is 117 Å². The van der Waals surface area contributed by atoms with Crippen LogP contribution < -0.4 is 10.5 Å². The lowest BCUT2D eigenvalue weighted by molar-refractivity contribution is -0.141. The summed E-state index contributed by atoms with van der Waals surface area (Å²) in [6.45, 7) is 0. The molecule has 1 aromatic rings. The van der Waals surface area contributed by atoms with Crippen LogP contribution in [-0.4, -0.2) is 42.8 Å². The highest BCUT2D eigenvalue weighted by Crippen LogP contribution is 2.22. The SMILES string of the molecule is COC(=O)C(N)CSCC(O)c1cccc(OC)c1. The average molecular weight is 285 g/mol. The molecule has 0 fully saturated rings. The molecule has 1 rings (SSSR count). The zero-order valence-electron chi connectivity index (χ0n) is 11.0. The van der Waals surface area contributed by atoms with Gasteiger partial charge in [-0.25, -0.2) is 0 Å². The van der Waals surface area contributed by atoms with Crippen LogP contribution in [0.3, 0.4) is 0 Å². The summed E-state index contributed by atoms with van der Waals surface area (Å²) in [6, 6.07) is 6.59. The molecule has 0 amide bonds. The van der Waals surface area contributed by atoms with Crippen LogP contribution in [0, 0.1) is 0 Å². The zero-order valence-corrected chi connectivity index (χ0v) is 11.9. The van der Waals surface area contributed by atoms with E-state index < -0.39 is 18.1 Å². The number of hydrogen-bond donors (Lipinski definition) is 2. The molecule has 6 heteroatoms. The van der Waals surface area contributed by atoms with E-state index in [1.807, 2.05) is 18.2 Å². The second-order valence-corrected chi connectivity index (χ2v) is 5.03. The molecule has 0 aromatic heterocycles. The van der Waals surface area contributed by atoms with E-state index in [2.05, 4.69) is 4.74 Å². The number of methoxy groups -OCH3 is 2. The number of nitrogens with two attached hydrogens (primary N) is 1. The Kier molecular flexibility index (Phi) is 6.69. The first kappa shape index (κ1) is 15.8. The molecule has 0 saturated carbocycles. The van der Waals surface area contributed by atoms with Crippen molar-refractivity contribution >= 4 is 17.7 Å². The normalized spacial score (nSPS) is 13.7. The van der Waals surface area contributed by atoms with Crippen LogP contribution >= 0.6 is 11.8 Å². The van der Waals surface area contributed by atoms with Crippen LogP contribution in [-0.2, 0) is 9.53 Å². The Hall–Kier alpha value is -1.24. The lowest BCUT2D eigenvalue weighted by Crippen LogP contribution is -2.34. The predicted octanol–water partition coefficient (Wildman–Crippen LogP) is 0.962. The topological polar surface area (TPSA) is 81.8 Å². The number of esters is 1. The van der Waals surface area contributed by atoms with Crippen molar-refractivity contribution in [1.29, 1.82) is 0 Å². The molecule has 0 bridgehead atoms. The van der Waals surface area contributed by atoms with Gasteiger partial charge in [0.05, 0.1) is 20.3 Å². The third kappa shape index (κ3) is 5.10. The Bertz CT molecular complexity index is 413. The van der Waals surface area contributed by atoms with Crippen LogP contribution in [0.2, 0.25) is 0 Å². The van der Waals surface area contributed by atoms with Gasteiger partial charge in [-0.05, 0) is 17.7 Å². The molecule has 0 aliphatic rings. The number of thioether (sulfide) groups is 1. The van der Waals surface area contributed by atoms with Crippen molar-refractivity contribution in [2.24, 2.45) is 5.73 Å². The quantitative estimate of drug-likeness (QED) is 0.726. The number of carbonyl (C=O) groups excluding carboxylic acids is 1. The lowest BCUT2D eigenvalue weighted by Gasteiger charge is -2.13. The van der Waals surface area contributed by atoms with Gasteiger partial charge < -0.3 is 20.3 Å². The standard InChI is InChI=1S/C13H19NO4S/c1-17-10-5-3-4-9(6-10)12(15)8-19-7-11(14)13(16)18-2/h3-6,11-12,15H,7-8,14H2,1-2H3. The highest BCUT2D eigenvalue weighted by molar-refractivity contribution is 7.99. The van der Waals surface area contributed by atoms with Crippen LogP contribution in [0.25, 0.3) is 0 Å². The maximum Gasteiger partial charge on any atom is 0.323 e. The Morgan fingerprint density at radius 3 is 2.79 bits per heavy atom. The Morgan fingerprint density at radius 2 is 2.16 bits per heavy atom. The maximum absolute atomic E-state index is 11.1. The predicted molar refractivity (Wildman–Crippen MR) is 75.3 cm³/mol. The number of hydrogen-bond acceptors (Lipinski definition) is 6. The third-order valence-corrected chi connectivity index (χ3v) is 3.70. The van der Waals surface area contributed by atoms with E-state index in [1.54, 1.807) is 13.2 Å². The summed E-state index contributed by atoms with van der Waals surface area (Å²) in [5.74, 6) is 1.13. The van der Waals surface area contributed by atoms with Gasteiger partial charge in [-0.15, -0.1) is 0 Å². The van der Waals surface area contributed by atoms with Crippen molar-refractivity contribution in [3.8, 4) is 5.75 Å². The van der Waals surface area contributed by atoms with E-state index in [0.29, 0.717) is 17.3 Å². The highest BCUT2D eigenvalue weighted by atomic mass is 32.2. The number of rotatable bonds is 7. The second-order valence-electron chi connectivity index (χ2n) is 3.96. The molecule has 0 aliphatic heterocycles. The summed E-state index contributed by atoms with van der Waals surface area (Å²) in [7, 11) is 2.88. The third-order valence-electron chi connectivity index (χ3n) is 2.56. The number of aliphatic hydroxyl groups is 1. The average Bonchev–Trinajstić information content (AvgIpc) is 2.46. The molecule has 106 valence electrons. The van der Waals surface area contributed by atoms with Crippen molar-refractivity contribution in [2.45, 2.75) is 12.1 Å². The monoisotopic (exact) mass is 285 g/mol. The number of aliphatic hydroxyl groups excluding tert-OH is 1. The fraction of sp³-hybridized carbons (Fsp3) is 0.462. The second kappa shape index (κ2) is 8.04. The molecule has 0 radical (unpaired) electrons. The number of benzene rings is 1. The molecule has 0 saturated heterocycles. The minimum absolute atomic E-state index is 0.410. The minimum Gasteiger partial charge on any atom is -0.497 e. The van der Waals surface area contributed by atoms with Gasteiger partial charge in [0.1, 0.15) is 11.8 Å². The fourth-order valence-electron chi connectivity index (χ4n) is 1.47. The number of ether oxygens (including phenoxy) is 2. The van der Waals surface area contributed by atoms with Crippen molar-refractivity contribution in [3.05, 3.63) is 29.8 Å². The molecule has 1 aromatic carbocycles. The van der Waals surface area contributed by atoms with E-state index in [4.69, 9.17) is 10.5 Å². The number of carbonyl (C=O) groups is 1. The van der Waals surface area contributed by atoms with Crippen molar-refractivity contribution in [3.63, 3.8) is 0 Å². The largest absolute Gasteiger partial charge is 0.497 e. The van der Waals surface area contributed by atoms with Gasteiger partial charge in [0.15, 0.2) is 0 Å². The summed E-state index contributed by atoms with van der Waals surface area (Å²) >= 11 is 1.40. The molecule has 19 heavy (non-hydrogen) atoms. The maximum atomic E-state index is 11.1. The van der Waals surface area contributed by atoms with Crippen molar-refractivity contribution in [2.75, 3.05) is 25.7 Å². The first-order valence-electron chi connectivity index (χ1n) is 5.81. The molecule has 5 nitrogen and oxygen atoms in total. The fourth-order valence-corrected chi connectivity index (χ4v) is 2.41. The molecular formula is C13H19NO4S. The summed E-state index contributed by atoms with van der Waals surface area (Å²) in [4.78, 5) is 11.1. The van der Waals surface area contributed by atoms with Crippen LogP contribution in [0.1, 0.15) is 11.7 Å². The highest BCUT2D eigenvalue weighted by Gasteiger charge is 2.15. The van der Waals surface area contributed by atoms with E-state index in [1.165, 1.54) is 18.9 Å². The summed E-state index contributed by atoms with van der Waals surface area (Å²) < 4.78 is 9.62. The van der Waals surface area contributed by atoms with Gasteiger partial charge in [-0.3, -0.25) is 4.79 Å². The van der Waals surface area contributed by atoms with Crippen LogP contribution in [0.4, 0.5) is 0 Å². The van der Waals surface area contributed by atoms with Gasteiger partial charge in [-0.1, -0.05) is 12.1 Å². The molecular weight excluding hydrogens is 266 g/mol. The summed E-state index contributed by atoms with van der Waals surface area (Å²) in [5.41, 5.74) is 6.38. The molecule has 2 unspecified atom stereocenters. The van der Waals surface area contributed by atoms with E-state index in [-0.39, 0.29) is 0 Å². The van der Waals surface area contributed by atoms with Gasteiger partial charge in [0, 0.05) is 11.5 Å². The molecule has 0 spiro atoms. The Balaban J connectivity index is 2.42. The lowest BCUT2D eigenvalue weighted by atomic mass is 10.1. The van der Waals surface area contributed by atoms with Crippen molar-refractivity contribution in [1.82, 2.24) is 0 Å². The smallest absolute Gasteiger partial charge is 0.323 e. The molecule has 3 N–H and O–H groups in total. The van der Waals surface area contributed by atoms with E-state index >= 15 is 0 Å². The summed E-state index contributed by atoms with van der Waals surface area (Å²) in [6.07, 6.45) is -0.620. The first-order chi connectivity index (χ1) is 9.08. The van der Waals surface area contributed by atoms with E-state index in [0.717, 1.165) is 5.56 Å². The van der Waals surface area contributed by atoms with Gasteiger partial charge in [-0.2, -0.15) is 11.8 Å². The summed E-state index contributed by atoms with van der Waals surface area (Å²) in [5, 5.41) is 10.0. The molecule has 0 heterocycles. The van der Waals surface area contributed by atoms with Crippen LogP contribution in [0.5, 0.6) is 5.75 Å². The zero-order chi connectivity index (χ0) is 14.3. The van der Waals surface area contributed by atoms with Crippen LogP contribution in [0.15, 0.2) is 24.3 Å². The first-order valence-corrected chi connectivity index (χ1v) is 6.97. The molecule has 2 atom stereocenters. The van der Waals surface area contributed by atoms with Gasteiger partial charge in [0.2, 0.25) is 0 Å². The van der Waals surface area contributed by atoms with Gasteiger partial charge in [0.25, 0.3) is 0 Å². The van der Waals surface area contributed by atoms with Crippen molar-refractivity contribution < 1.29 is 19.4 Å². The minimum atomic E-state index is -0.660. The Morgan fingerprint density at radius 1 is 1.42 bits per heavy atom. The van der Waals surface area contributed by atoms with E-state index in [9.17, 15) is 9.90 Å². The van der Waals surface area contributed by atoms with Gasteiger partial charge >= 0.3 is 5.97 Å².